The molecule has 0 bridgehead atoms. The van der Waals surface area contributed by atoms with Gasteiger partial charge in [0.25, 0.3) is 5.91 Å². The molecule has 2 aromatic carbocycles. The van der Waals surface area contributed by atoms with Crippen molar-refractivity contribution < 1.29 is 27.5 Å². The van der Waals surface area contributed by atoms with Crippen LogP contribution in [0.25, 0.3) is 0 Å². The van der Waals surface area contributed by atoms with E-state index in [4.69, 9.17) is 0 Å². The van der Waals surface area contributed by atoms with Crippen LogP contribution in [0, 0.1) is 0 Å². The molecule has 2 rings (SSSR count). The summed E-state index contributed by atoms with van der Waals surface area (Å²) < 4.78 is 42.6. The Bertz CT molecular complexity index is 741. The summed E-state index contributed by atoms with van der Waals surface area (Å²) in [6.07, 6.45) is -4.51. The predicted molar refractivity (Wildman–Crippen MR) is 77.2 cm³/mol. The molecule has 0 fully saturated rings. The van der Waals surface area contributed by atoms with Crippen molar-refractivity contribution in [3.63, 3.8) is 0 Å². The third-order valence-corrected chi connectivity index (χ3v) is 3.02. The molecular weight excluding hydrogens is 311 g/mol. The van der Waals surface area contributed by atoms with Gasteiger partial charge in [0.15, 0.2) is 0 Å². The highest BCUT2D eigenvalue weighted by Crippen LogP contribution is 2.30. The third kappa shape index (κ3) is 3.88. The maximum absolute atomic E-state index is 12.7. The van der Waals surface area contributed by atoms with E-state index in [1.807, 2.05) is 0 Å². The summed E-state index contributed by atoms with van der Waals surface area (Å²) in [5.41, 5.74) is -0.864. The fraction of sp³-hybridized carbons (Fsp3) is 0.125. The van der Waals surface area contributed by atoms with Crippen molar-refractivity contribution in [2.75, 3.05) is 12.4 Å². The monoisotopic (exact) mass is 323 g/mol. The van der Waals surface area contributed by atoms with Gasteiger partial charge in [-0.15, -0.1) is 0 Å². The van der Waals surface area contributed by atoms with Crippen molar-refractivity contribution in [1.82, 2.24) is 0 Å². The Kier molecular flexibility index (Phi) is 4.68. The molecule has 0 aliphatic heterocycles. The summed E-state index contributed by atoms with van der Waals surface area (Å²) in [7, 11) is 1.17. The third-order valence-electron chi connectivity index (χ3n) is 3.02. The molecule has 0 heterocycles. The average molecular weight is 323 g/mol. The maximum atomic E-state index is 12.7. The second-order valence-corrected chi connectivity index (χ2v) is 4.57. The van der Waals surface area contributed by atoms with E-state index in [9.17, 15) is 22.8 Å². The van der Waals surface area contributed by atoms with Gasteiger partial charge in [0.1, 0.15) is 0 Å². The highest BCUT2D eigenvalue weighted by Gasteiger charge is 2.30. The molecule has 0 unspecified atom stereocenters. The number of carbonyl (C=O) groups excluding carboxylic acids is 2. The van der Waals surface area contributed by atoms with E-state index in [0.29, 0.717) is 0 Å². The average Bonchev–Trinajstić information content (AvgIpc) is 2.53. The molecule has 1 amide bonds. The smallest absolute Gasteiger partial charge is 0.416 e. The summed E-state index contributed by atoms with van der Waals surface area (Å²) in [5.74, 6) is -1.41. The number of hydrogen-bond acceptors (Lipinski definition) is 3. The van der Waals surface area contributed by atoms with Gasteiger partial charge in [-0.05, 0) is 30.3 Å². The molecule has 0 aliphatic rings. The molecule has 0 saturated carbocycles. The highest BCUT2D eigenvalue weighted by molar-refractivity contribution is 6.11. The number of hydrogen-bond donors (Lipinski definition) is 1. The van der Waals surface area contributed by atoms with Crippen LogP contribution in [-0.4, -0.2) is 19.0 Å². The van der Waals surface area contributed by atoms with Crippen LogP contribution in [0.15, 0.2) is 48.5 Å². The van der Waals surface area contributed by atoms with Gasteiger partial charge in [-0.3, -0.25) is 4.79 Å². The van der Waals surface area contributed by atoms with Gasteiger partial charge in [-0.25, -0.2) is 4.79 Å². The van der Waals surface area contributed by atoms with E-state index in [1.165, 1.54) is 37.4 Å². The molecule has 0 aromatic heterocycles. The van der Waals surface area contributed by atoms with E-state index >= 15 is 0 Å². The molecule has 0 spiro atoms. The minimum atomic E-state index is -4.51. The van der Waals surface area contributed by atoms with Crippen LogP contribution in [0.5, 0.6) is 0 Å². The van der Waals surface area contributed by atoms with Crippen LogP contribution >= 0.6 is 0 Å². The number of amides is 1. The van der Waals surface area contributed by atoms with Crippen molar-refractivity contribution in [2.24, 2.45) is 0 Å². The van der Waals surface area contributed by atoms with Gasteiger partial charge >= 0.3 is 12.1 Å². The first-order valence-corrected chi connectivity index (χ1v) is 6.49. The number of ether oxygens (including phenoxy) is 1. The van der Waals surface area contributed by atoms with Crippen LogP contribution in [0.2, 0.25) is 0 Å². The molecule has 0 saturated heterocycles. The lowest BCUT2D eigenvalue weighted by Gasteiger charge is -2.11. The Balaban J connectivity index is 2.29. The zero-order chi connectivity index (χ0) is 17.0. The van der Waals surface area contributed by atoms with Gasteiger partial charge < -0.3 is 10.1 Å². The first kappa shape index (κ1) is 16.5. The molecular formula is C16H12F3NO3. The second-order valence-electron chi connectivity index (χ2n) is 4.57. The van der Waals surface area contributed by atoms with Crippen LogP contribution in [0.3, 0.4) is 0 Å². The van der Waals surface area contributed by atoms with Gasteiger partial charge in [-0.2, -0.15) is 13.2 Å². The summed E-state index contributed by atoms with van der Waals surface area (Å²) in [6, 6.07) is 10.1. The van der Waals surface area contributed by atoms with Gasteiger partial charge in [0, 0.05) is 5.69 Å². The minimum Gasteiger partial charge on any atom is -0.465 e. The number of alkyl halides is 3. The van der Waals surface area contributed by atoms with Crippen LogP contribution < -0.4 is 5.32 Å². The summed E-state index contributed by atoms with van der Waals surface area (Å²) in [5, 5.41) is 2.34. The Hall–Kier alpha value is -2.83. The van der Waals surface area contributed by atoms with Gasteiger partial charge in [0.05, 0.1) is 23.8 Å². The molecule has 0 radical (unpaired) electrons. The molecule has 2 aromatic rings. The molecule has 0 aliphatic carbocycles. The van der Waals surface area contributed by atoms with Crippen LogP contribution in [0.4, 0.5) is 18.9 Å². The number of benzene rings is 2. The fourth-order valence-corrected chi connectivity index (χ4v) is 1.94. The zero-order valence-electron chi connectivity index (χ0n) is 12.0. The molecule has 23 heavy (non-hydrogen) atoms. The second kappa shape index (κ2) is 6.51. The Morgan fingerprint density at radius 3 is 2.26 bits per heavy atom. The predicted octanol–water partition coefficient (Wildman–Crippen LogP) is 3.74. The molecule has 120 valence electrons. The number of methoxy groups -OCH3 is 1. The lowest BCUT2D eigenvalue weighted by atomic mass is 10.1. The quantitative estimate of drug-likeness (QED) is 0.875. The first-order chi connectivity index (χ1) is 10.8. The molecule has 0 atom stereocenters. The number of anilines is 1. The van der Waals surface area contributed by atoms with Crippen molar-refractivity contribution in [3.8, 4) is 0 Å². The Morgan fingerprint density at radius 1 is 1.00 bits per heavy atom. The van der Waals surface area contributed by atoms with Crippen LogP contribution in [0.1, 0.15) is 26.3 Å². The van der Waals surface area contributed by atoms with Crippen molar-refractivity contribution >= 4 is 17.6 Å². The first-order valence-electron chi connectivity index (χ1n) is 6.49. The Morgan fingerprint density at radius 2 is 1.65 bits per heavy atom. The zero-order valence-corrected chi connectivity index (χ0v) is 12.0. The standard InChI is InChI=1S/C16H12F3NO3/c1-23-15(22)13-8-3-2-7-12(13)14(21)20-11-6-4-5-10(9-11)16(17,18)19/h2-9H,1H3,(H,20,21). The lowest BCUT2D eigenvalue weighted by Crippen LogP contribution is -2.17. The van der Waals surface area contributed by atoms with E-state index in [-0.39, 0.29) is 16.8 Å². The molecule has 4 nitrogen and oxygen atoms in total. The van der Waals surface area contributed by atoms with Crippen molar-refractivity contribution in [1.29, 1.82) is 0 Å². The number of carbonyl (C=O) groups is 2. The number of halogens is 3. The summed E-state index contributed by atoms with van der Waals surface area (Å²) in [6.45, 7) is 0. The number of rotatable bonds is 3. The van der Waals surface area contributed by atoms with Gasteiger partial charge in [-0.1, -0.05) is 18.2 Å². The maximum Gasteiger partial charge on any atom is 0.416 e. The number of esters is 1. The van der Waals surface area contributed by atoms with E-state index in [2.05, 4.69) is 10.1 Å². The molecule has 7 heteroatoms. The minimum absolute atomic E-state index is 0.0109. The summed E-state index contributed by atoms with van der Waals surface area (Å²) in [4.78, 5) is 23.8. The molecule has 1 N–H and O–H groups in total. The van der Waals surface area contributed by atoms with E-state index in [1.54, 1.807) is 6.07 Å². The summed E-state index contributed by atoms with van der Waals surface area (Å²) >= 11 is 0. The largest absolute Gasteiger partial charge is 0.465 e. The normalized spacial score (nSPS) is 11.0. The lowest BCUT2D eigenvalue weighted by molar-refractivity contribution is -0.137. The van der Waals surface area contributed by atoms with Crippen molar-refractivity contribution in [2.45, 2.75) is 6.18 Å². The van der Waals surface area contributed by atoms with Crippen LogP contribution in [-0.2, 0) is 10.9 Å². The van der Waals surface area contributed by atoms with Crippen molar-refractivity contribution in [3.05, 3.63) is 65.2 Å². The van der Waals surface area contributed by atoms with Gasteiger partial charge in [0.2, 0.25) is 0 Å². The fourth-order valence-electron chi connectivity index (χ4n) is 1.94. The highest BCUT2D eigenvalue weighted by atomic mass is 19.4. The topological polar surface area (TPSA) is 55.4 Å². The van der Waals surface area contributed by atoms with E-state index in [0.717, 1.165) is 12.1 Å². The number of nitrogens with one attached hydrogen (secondary N) is 1. The van der Waals surface area contributed by atoms with E-state index < -0.39 is 23.6 Å². The Labute approximate surface area is 129 Å². The SMILES string of the molecule is COC(=O)c1ccccc1C(=O)Nc1cccc(C(F)(F)F)c1.